The number of hydrogen-bond donors (Lipinski definition) is 1. The van der Waals surface area contributed by atoms with Crippen LogP contribution in [0.25, 0.3) is 0 Å². The molecule has 1 aliphatic rings. The van der Waals surface area contributed by atoms with E-state index in [0.29, 0.717) is 18.4 Å². The van der Waals surface area contributed by atoms with Gasteiger partial charge in [0.05, 0.1) is 11.4 Å². The molecule has 0 amide bonds. The van der Waals surface area contributed by atoms with E-state index in [0.717, 1.165) is 13.0 Å². The highest BCUT2D eigenvalue weighted by Crippen LogP contribution is 2.29. The van der Waals surface area contributed by atoms with Gasteiger partial charge in [-0.1, -0.05) is 20.8 Å². The Balaban J connectivity index is 2.41. The normalized spacial score (nSPS) is 17.6. The van der Waals surface area contributed by atoms with Crippen LogP contribution >= 0.6 is 0 Å². The van der Waals surface area contributed by atoms with Gasteiger partial charge in [-0.05, 0) is 18.8 Å². The molecular weight excluding hydrogens is 198 g/mol. The van der Waals surface area contributed by atoms with E-state index in [4.69, 9.17) is 10.7 Å². The van der Waals surface area contributed by atoms with Gasteiger partial charge in [0.1, 0.15) is 5.82 Å². The molecule has 3 heteroatoms. The minimum absolute atomic E-state index is 0.511. The molecule has 0 unspecified atom stereocenters. The molecule has 1 atom stereocenters. The van der Waals surface area contributed by atoms with Gasteiger partial charge in [-0.2, -0.15) is 0 Å². The Morgan fingerprint density at radius 2 is 2.06 bits per heavy atom. The van der Waals surface area contributed by atoms with E-state index in [-0.39, 0.29) is 0 Å². The molecule has 2 rings (SSSR count). The molecule has 16 heavy (non-hydrogen) atoms. The Morgan fingerprint density at radius 3 is 2.69 bits per heavy atom. The number of fused-ring (bicyclic) bond motifs is 1. The molecule has 0 saturated heterocycles. The minimum atomic E-state index is 0.511. The third-order valence-electron chi connectivity index (χ3n) is 3.84. The van der Waals surface area contributed by atoms with Gasteiger partial charge in [0.15, 0.2) is 0 Å². The van der Waals surface area contributed by atoms with E-state index in [9.17, 15) is 0 Å². The van der Waals surface area contributed by atoms with Crippen molar-refractivity contribution in [3.63, 3.8) is 0 Å². The molecule has 90 valence electrons. The van der Waals surface area contributed by atoms with Crippen molar-refractivity contribution in [2.24, 2.45) is 11.7 Å². The van der Waals surface area contributed by atoms with Gasteiger partial charge in [-0.3, -0.25) is 0 Å². The summed E-state index contributed by atoms with van der Waals surface area (Å²) >= 11 is 0. The summed E-state index contributed by atoms with van der Waals surface area (Å²) in [6, 6.07) is 0. The predicted molar refractivity (Wildman–Crippen MR) is 66.3 cm³/mol. The maximum Gasteiger partial charge on any atom is 0.109 e. The van der Waals surface area contributed by atoms with Crippen LogP contribution in [0.15, 0.2) is 0 Å². The first-order valence-corrected chi connectivity index (χ1v) is 6.43. The van der Waals surface area contributed by atoms with Crippen LogP contribution in [0.2, 0.25) is 0 Å². The fourth-order valence-electron chi connectivity index (χ4n) is 2.46. The van der Waals surface area contributed by atoms with Gasteiger partial charge in [-0.15, -0.1) is 0 Å². The first-order valence-electron chi connectivity index (χ1n) is 6.43. The van der Waals surface area contributed by atoms with E-state index >= 15 is 0 Å². The molecule has 2 heterocycles. The van der Waals surface area contributed by atoms with Crippen LogP contribution in [-0.4, -0.2) is 9.55 Å². The number of hydrogen-bond acceptors (Lipinski definition) is 2. The second-order valence-electron chi connectivity index (χ2n) is 5.21. The third kappa shape index (κ3) is 1.88. The first kappa shape index (κ1) is 11.6. The van der Waals surface area contributed by atoms with Crippen molar-refractivity contribution >= 4 is 0 Å². The summed E-state index contributed by atoms with van der Waals surface area (Å²) in [5, 5.41) is 0. The number of nitrogens with two attached hydrogens (primary N) is 1. The molecule has 0 radical (unpaired) electrons. The lowest BCUT2D eigenvalue weighted by molar-refractivity contribution is 0.505. The fraction of sp³-hybridized carbons (Fsp3) is 0.769. The van der Waals surface area contributed by atoms with Crippen LogP contribution in [-0.2, 0) is 19.5 Å². The van der Waals surface area contributed by atoms with Gasteiger partial charge in [-0.25, -0.2) is 4.98 Å². The van der Waals surface area contributed by atoms with Crippen molar-refractivity contribution in [3.05, 3.63) is 17.2 Å². The molecule has 1 aliphatic heterocycles. The Kier molecular flexibility index (Phi) is 3.33. The highest BCUT2D eigenvalue weighted by Gasteiger charge is 2.23. The number of aromatic nitrogens is 2. The monoisotopic (exact) mass is 221 g/mol. The van der Waals surface area contributed by atoms with Crippen LogP contribution < -0.4 is 5.73 Å². The number of imidazole rings is 1. The Labute approximate surface area is 98.1 Å². The van der Waals surface area contributed by atoms with Crippen molar-refractivity contribution in [1.29, 1.82) is 0 Å². The zero-order valence-electron chi connectivity index (χ0n) is 10.7. The molecule has 0 aromatic carbocycles. The van der Waals surface area contributed by atoms with Crippen molar-refractivity contribution in [3.8, 4) is 0 Å². The van der Waals surface area contributed by atoms with Crippen LogP contribution in [0.1, 0.15) is 56.7 Å². The second-order valence-corrected chi connectivity index (χ2v) is 5.21. The van der Waals surface area contributed by atoms with Crippen molar-refractivity contribution in [2.45, 2.75) is 59.0 Å². The number of aryl methyl sites for hydroxylation is 1. The maximum atomic E-state index is 5.90. The Morgan fingerprint density at radius 1 is 1.31 bits per heavy atom. The average molecular weight is 221 g/mol. The van der Waals surface area contributed by atoms with E-state index in [2.05, 4.69) is 25.3 Å². The van der Waals surface area contributed by atoms with Crippen molar-refractivity contribution < 1.29 is 0 Å². The molecular formula is C13H23N3. The summed E-state index contributed by atoms with van der Waals surface area (Å²) in [5.74, 6) is 2.40. The Bertz CT molecular complexity index is 365. The molecule has 0 fully saturated rings. The lowest BCUT2D eigenvalue weighted by Gasteiger charge is -2.17. The van der Waals surface area contributed by atoms with Crippen LogP contribution in [0.4, 0.5) is 0 Å². The zero-order valence-corrected chi connectivity index (χ0v) is 10.7. The highest BCUT2D eigenvalue weighted by atomic mass is 15.1. The van der Waals surface area contributed by atoms with Gasteiger partial charge in [0, 0.05) is 25.4 Å². The maximum absolute atomic E-state index is 5.90. The zero-order chi connectivity index (χ0) is 11.7. The van der Waals surface area contributed by atoms with Gasteiger partial charge in [0.2, 0.25) is 0 Å². The molecule has 0 bridgehead atoms. The SMILES string of the molecule is CC(C)[C@H](C)c1nc2n(c1CN)CCCC2. The average Bonchev–Trinajstić information content (AvgIpc) is 2.65. The third-order valence-corrected chi connectivity index (χ3v) is 3.84. The second kappa shape index (κ2) is 4.58. The standard InChI is InChI=1S/C13H23N3/c1-9(2)10(3)13-11(8-14)16-7-5-4-6-12(16)15-13/h9-10H,4-8,14H2,1-3H3/t10-/m0/s1. The summed E-state index contributed by atoms with van der Waals surface area (Å²) in [6.07, 6.45) is 3.67. The molecule has 0 aliphatic carbocycles. The lowest BCUT2D eigenvalue weighted by atomic mass is 9.93. The summed E-state index contributed by atoms with van der Waals surface area (Å²) in [7, 11) is 0. The summed E-state index contributed by atoms with van der Waals surface area (Å²) < 4.78 is 2.36. The molecule has 1 aromatic rings. The van der Waals surface area contributed by atoms with Gasteiger partial charge < -0.3 is 10.3 Å². The smallest absolute Gasteiger partial charge is 0.109 e. The lowest BCUT2D eigenvalue weighted by Crippen LogP contribution is -2.16. The summed E-state index contributed by atoms with van der Waals surface area (Å²) in [5.41, 5.74) is 8.42. The molecule has 0 saturated carbocycles. The predicted octanol–water partition coefficient (Wildman–Crippen LogP) is 2.44. The fourth-order valence-corrected chi connectivity index (χ4v) is 2.46. The van der Waals surface area contributed by atoms with Gasteiger partial charge >= 0.3 is 0 Å². The van der Waals surface area contributed by atoms with Crippen LogP contribution in [0.5, 0.6) is 0 Å². The minimum Gasteiger partial charge on any atom is -0.331 e. The molecule has 0 spiro atoms. The van der Waals surface area contributed by atoms with E-state index in [1.54, 1.807) is 0 Å². The van der Waals surface area contributed by atoms with Crippen LogP contribution in [0, 0.1) is 5.92 Å². The first-order chi connectivity index (χ1) is 7.65. The number of rotatable bonds is 3. The van der Waals surface area contributed by atoms with E-state index in [1.165, 1.54) is 30.1 Å². The van der Waals surface area contributed by atoms with E-state index < -0.39 is 0 Å². The van der Waals surface area contributed by atoms with E-state index in [1.807, 2.05) is 0 Å². The van der Waals surface area contributed by atoms with Crippen molar-refractivity contribution in [1.82, 2.24) is 9.55 Å². The number of nitrogens with zero attached hydrogens (tertiary/aromatic N) is 2. The highest BCUT2D eigenvalue weighted by molar-refractivity contribution is 5.22. The summed E-state index contributed by atoms with van der Waals surface area (Å²) in [6.45, 7) is 8.50. The molecule has 1 aromatic heterocycles. The van der Waals surface area contributed by atoms with Crippen LogP contribution in [0.3, 0.4) is 0 Å². The van der Waals surface area contributed by atoms with Gasteiger partial charge in [0.25, 0.3) is 0 Å². The molecule has 2 N–H and O–H groups in total. The quantitative estimate of drug-likeness (QED) is 0.852. The largest absolute Gasteiger partial charge is 0.331 e. The Hall–Kier alpha value is -0.830. The summed E-state index contributed by atoms with van der Waals surface area (Å²) in [4.78, 5) is 4.83. The van der Waals surface area contributed by atoms with Crippen molar-refractivity contribution in [2.75, 3.05) is 0 Å². The molecule has 3 nitrogen and oxygen atoms in total. The topological polar surface area (TPSA) is 43.8 Å².